The Morgan fingerprint density at radius 2 is 1.03 bits per heavy atom. The van der Waals surface area contributed by atoms with E-state index in [0.29, 0.717) is 11.0 Å². The first-order chi connectivity index (χ1) is 15.5. The lowest BCUT2D eigenvalue weighted by Crippen LogP contribution is -2.37. The average molecular weight is 452 g/mol. The van der Waals surface area contributed by atoms with Gasteiger partial charge in [-0.05, 0) is 62.1 Å². The molecule has 2 aromatic carbocycles. The third-order valence-electron chi connectivity index (χ3n) is 6.71. The van der Waals surface area contributed by atoms with Crippen molar-refractivity contribution in [2.24, 2.45) is 0 Å². The summed E-state index contributed by atoms with van der Waals surface area (Å²) in [5, 5.41) is 21.2. The summed E-state index contributed by atoms with van der Waals surface area (Å²) in [6.45, 7) is 6.81. The number of carbonyl (C=O) groups excluding carboxylic acids is 2. The summed E-state index contributed by atoms with van der Waals surface area (Å²) in [5.74, 6) is -1.02. The minimum atomic E-state index is -1.55. The van der Waals surface area contributed by atoms with Gasteiger partial charge in [-0.3, -0.25) is 19.2 Å². The minimum absolute atomic E-state index is 0.0168. The molecule has 0 spiro atoms. The van der Waals surface area contributed by atoms with Crippen molar-refractivity contribution in [2.45, 2.75) is 64.6 Å². The summed E-state index contributed by atoms with van der Waals surface area (Å²) in [6, 6.07) is 8.72. The van der Waals surface area contributed by atoms with Crippen LogP contribution >= 0.6 is 0 Å². The molecule has 0 bridgehead atoms. The SMILES string of the molecule is CCC(O)(CC)C(=O)c1ccc2[nH]c3ccc(C(=O)C(O)(CC)CC)cc3c(=O)c(=O)c2c1. The molecule has 0 aliphatic heterocycles. The summed E-state index contributed by atoms with van der Waals surface area (Å²) in [4.78, 5) is 54.9. The number of hydrogen-bond donors (Lipinski definition) is 3. The molecule has 0 aliphatic carbocycles. The first-order valence-electron chi connectivity index (χ1n) is 11.2. The van der Waals surface area contributed by atoms with Gasteiger partial charge in [-0.2, -0.15) is 0 Å². The van der Waals surface area contributed by atoms with Crippen LogP contribution in [0.3, 0.4) is 0 Å². The lowest BCUT2D eigenvalue weighted by atomic mass is 9.87. The summed E-state index contributed by atoms with van der Waals surface area (Å²) in [7, 11) is 0. The second-order valence-electron chi connectivity index (χ2n) is 8.44. The van der Waals surface area contributed by atoms with Gasteiger partial charge in [0.15, 0.2) is 11.6 Å². The predicted octanol–water partition coefficient (Wildman–Crippen LogP) is 3.51. The highest BCUT2D eigenvalue weighted by Crippen LogP contribution is 2.24. The van der Waals surface area contributed by atoms with Crippen LogP contribution in [0.25, 0.3) is 21.8 Å². The molecule has 3 rings (SSSR count). The van der Waals surface area contributed by atoms with Gasteiger partial charge in [0.2, 0.25) is 10.9 Å². The molecule has 0 saturated heterocycles. The number of carbonyl (C=O) groups is 2. The number of H-pyrrole nitrogens is 1. The molecular formula is C26H29NO6. The zero-order valence-corrected chi connectivity index (χ0v) is 19.3. The van der Waals surface area contributed by atoms with Gasteiger partial charge in [0.25, 0.3) is 0 Å². The Labute approximate surface area is 191 Å². The quantitative estimate of drug-likeness (QED) is 0.356. The summed E-state index contributed by atoms with van der Waals surface area (Å²) in [6.07, 6.45) is 0.868. The number of fused-ring (bicyclic) bond motifs is 2. The van der Waals surface area contributed by atoms with Crippen LogP contribution in [0.1, 0.15) is 74.1 Å². The number of ketones is 2. The standard InChI is InChI=1S/C26H29NO6/c1-5-25(32,6-2)23(30)15-9-11-19-17(13-15)21(28)22(29)18-14-16(10-12-20(18)27-19)24(31)26(33,7-3)8-4/h9-14,27,32-33H,5-8H2,1-4H3. The topological polar surface area (TPSA) is 125 Å². The number of nitrogens with one attached hydrogen (secondary N) is 1. The Kier molecular flexibility index (Phi) is 6.68. The lowest BCUT2D eigenvalue weighted by Gasteiger charge is -2.23. The number of Topliss-reactive ketones (excluding diaryl/α,β-unsaturated/α-hetero) is 2. The van der Waals surface area contributed by atoms with E-state index in [2.05, 4.69) is 4.98 Å². The van der Waals surface area contributed by atoms with Crippen LogP contribution in [0.4, 0.5) is 0 Å². The van der Waals surface area contributed by atoms with E-state index in [-0.39, 0.29) is 47.6 Å². The highest BCUT2D eigenvalue weighted by Gasteiger charge is 2.34. The normalized spacial score (nSPS) is 12.3. The molecule has 7 heteroatoms. The average Bonchev–Trinajstić information content (AvgIpc) is 2.95. The summed E-state index contributed by atoms with van der Waals surface area (Å²) in [5.41, 5.74) is -3.78. The van der Waals surface area contributed by atoms with Crippen LogP contribution in [0.2, 0.25) is 0 Å². The van der Waals surface area contributed by atoms with Gasteiger partial charge >= 0.3 is 0 Å². The van der Waals surface area contributed by atoms with Crippen molar-refractivity contribution in [1.82, 2.24) is 4.98 Å². The number of rotatable bonds is 8. The third kappa shape index (κ3) is 4.14. The van der Waals surface area contributed by atoms with Crippen molar-refractivity contribution in [3.05, 3.63) is 68.0 Å². The molecule has 0 radical (unpaired) electrons. The highest BCUT2D eigenvalue weighted by molar-refractivity contribution is 6.06. The zero-order chi connectivity index (χ0) is 24.6. The molecule has 3 N–H and O–H groups in total. The first kappa shape index (κ1) is 24.5. The van der Waals surface area contributed by atoms with E-state index >= 15 is 0 Å². The van der Waals surface area contributed by atoms with E-state index in [0.717, 1.165) is 0 Å². The fourth-order valence-electron chi connectivity index (χ4n) is 4.03. The monoisotopic (exact) mass is 451 g/mol. The maximum atomic E-state index is 13.1. The Morgan fingerprint density at radius 1 is 0.697 bits per heavy atom. The molecule has 174 valence electrons. The summed E-state index contributed by atoms with van der Waals surface area (Å²) >= 11 is 0. The molecule has 0 fully saturated rings. The van der Waals surface area contributed by atoms with Gasteiger partial charge in [-0.25, -0.2) is 0 Å². The van der Waals surface area contributed by atoms with Crippen LogP contribution in [-0.2, 0) is 0 Å². The second kappa shape index (κ2) is 9.00. The van der Waals surface area contributed by atoms with Crippen LogP contribution in [0, 0.1) is 0 Å². The maximum Gasteiger partial charge on any atom is 0.235 e. The Balaban J connectivity index is 2.27. The van der Waals surface area contributed by atoms with Gasteiger partial charge in [0.1, 0.15) is 11.2 Å². The van der Waals surface area contributed by atoms with Crippen molar-refractivity contribution in [2.75, 3.05) is 0 Å². The number of aromatic nitrogens is 1. The smallest absolute Gasteiger partial charge is 0.235 e. The summed E-state index contributed by atoms with van der Waals surface area (Å²) < 4.78 is 0. The fourth-order valence-corrected chi connectivity index (χ4v) is 4.03. The zero-order valence-electron chi connectivity index (χ0n) is 19.3. The van der Waals surface area contributed by atoms with Gasteiger partial charge < -0.3 is 15.2 Å². The maximum absolute atomic E-state index is 13.1. The first-order valence-corrected chi connectivity index (χ1v) is 11.2. The molecule has 1 heterocycles. The Hall–Kier alpha value is -3.16. The van der Waals surface area contributed by atoms with E-state index in [1.165, 1.54) is 36.4 Å². The number of aliphatic hydroxyl groups is 2. The van der Waals surface area contributed by atoms with Crippen LogP contribution in [-0.4, -0.2) is 38.0 Å². The Bertz CT molecular complexity index is 1260. The van der Waals surface area contributed by atoms with Gasteiger partial charge in [0, 0.05) is 22.2 Å². The molecule has 0 aliphatic rings. The van der Waals surface area contributed by atoms with Crippen molar-refractivity contribution in [3.63, 3.8) is 0 Å². The predicted molar refractivity (Wildman–Crippen MR) is 128 cm³/mol. The van der Waals surface area contributed by atoms with Crippen LogP contribution < -0.4 is 10.9 Å². The Morgan fingerprint density at radius 3 is 1.33 bits per heavy atom. The van der Waals surface area contributed by atoms with E-state index < -0.39 is 33.6 Å². The van der Waals surface area contributed by atoms with E-state index in [1.54, 1.807) is 27.7 Å². The second-order valence-corrected chi connectivity index (χ2v) is 8.44. The van der Waals surface area contributed by atoms with E-state index in [4.69, 9.17) is 0 Å². The number of benzene rings is 2. The van der Waals surface area contributed by atoms with Gasteiger partial charge in [-0.1, -0.05) is 27.7 Å². The molecule has 0 saturated carbocycles. The van der Waals surface area contributed by atoms with Gasteiger partial charge in [-0.15, -0.1) is 0 Å². The van der Waals surface area contributed by atoms with Crippen LogP contribution in [0.15, 0.2) is 46.0 Å². The van der Waals surface area contributed by atoms with E-state index in [9.17, 15) is 29.4 Å². The minimum Gasteiger partial charge on any atom is -0.382 e. The molecule has 33 heavy (non-hydrogen) atoms. The van der Waals surface area contributed by atoms with Gasteiger partial charge in [0.05, 0.1) is 10.8 Å². The molecule has 0 atom stereocenters. The molecule has 0 unspecified atom stereocenters. The van der Waals surface area contributed by atoms with Crippen molar-refractivity contribution in [1.29, 1.82) is 0 Å². The number of hydrogen-bond acceptors (Lipinski definition) is 6. The fraction of sp³-hybridized carbons (Fsp3) is 0.385. The molecule has 0 amide bonds. The lowest BCUT2D eigenvalue weighted by molar-refractivity contribution is 0.0277. The molecule has 7 nitrogen and oxygen atoms in total. The highest BCUT2D eigenvalue weighted by atomic mass is 16.3. The number of aromatic amines is 1. The molecule has 1 aromatic heterocycles. The molecular weight excluding hydrogens is 422 g/mol. The third-order valence-corrected chi connectivity index (χ3v) is 6.71. The van der Waals surface area contributed by atoms with Crippen molar-refractivity contribution >= 4 is 33.4 Å². The van der Waals surface area contributed by atoms with Crippen molar-refractivity contribution < 1.29 is 19.8 Å². The molecule has 3 aromatic rings. The van der Waals surface area contributed by atoms with Crippen molar-refractivity contribution in [3.8, 4) is 0 Å². The largest absolute Gasteiger partial charge is 0.382 e. The van der Waals surface area contributed by atoms with E-state index in [1.807, 2.05) is 0 Å². The van der Waals surface area contributed by atoms with Crippen LogP contribution in [0.5, 0.6) is 0 Å².